The van der Waals surface area contributed by atoms with Crippen LogP contribution in [0.15, 0.2) is 41.3 Å². The number of aromatic carboxylic acids is 2. The number of phenolic OH excluding ortho intramolecular Hbond substituents is 1. The van der Waals surface area contributed by atoms with E-state index in [0.29, 0.717) is 24.3 Å². The summed E-state index contributed by atoms with van der Waals surface area (Å²) in [7, 11) is 0. The number of carboxylic acid groups (broad SMARTS) is 2. The summed E-state index contributed by atoms with van der Waals surface area (Å²) in [5.74, 6) is -3.57. The molecule has 0 radical (unpaired) electrons. The van der Waals surface area contributed by atoms with Gasteiger partial charge in [-0.05, 0) is 37.1 Å². The second kappa shape index (κ2) is 10.8. The lowest BCUT2D eigenvalue weighted by Gasteiger charge is -2.30. The number of benzene rings is 2. The Hall–Kier alpha value is -3.83. The summed E-state index contributed by atoms with van der Waals surface area (Å²) < 4.78 is 16.4. The monoisotopic (exact) mass is 521 g/mol. The minimum Gasteiger partial charge on any atom is -0.508 e. The molecule has 5 N–H and O–H groups in total. The Bertz CT molecular complexity index is 1370. The molecule has 1 aromatic heterocycles. The van der Waals surface area contributed by atoms with Crippen LogP contribution >= 0.6 is 12.4 Å². The molecule has 1 saturated heterocycles. The molecular weight excluding hydrogens is 497 g/mol. The van der Waals surface area contributed by atoms with Crippen molar-refractivity contribution in [3.8, 4) is 11.5 Å². The van der Waals surface area contributed by atoms with E-state index in [4.69, 9.17) is 15.3 Å². The standard InChI is InChI=1S/C17H18FN3O3.C7H6O4.ClH/c18-13-7-11-14(8-15(13)20-5-3-19-4-6-20)21(10-1-2-10)9-12(16(11)22)17(23)24;8-4-1-2-5(7(10)11)6(9)3-4;/h7-10,19H,1-6H2,(H,23,24);1-3,8-9H,(H,10,11);1H. The Morgan fingerprint density at radius 2 is 1.61 bits per heavy atom. The first-order chi connectivity index (χ1) is 16.7. The molecule has 2 aromatic carbocycles. The van der Waals surface area contributed by atoms with Crippen LogP contribution in [0.2, 0.25) is 0 Å². The van der Waals surface area contributed by atoms with E-state index in [1.54, 1.807) is 6.07 Å². The number of pyridine rings is 1. The summed E-state index contributed by atoms with van der Waals surface area (Å²) in [5, 5.41) is 38.7. The molecule has 0 atom stereocenters. The number of piperazine rings is 1. The van der Waals surface area contributed by atoms with Gasteiger partial charge in [0.15, 0.2) is 0 Å². The molecule has 12 heteroatoms. The minimum absolute atomic E-state index is 0. The average Bonchev–Trinajstić information content (AvgIpc) is 3.65. The number of fused-ring (bicyclic) bond motifs is 1. The Balaban J connectivity index is 0.000000256. The number of hydrogen-bond acceptors (Lipinski definition) is 7. The van der Waals surface area contributed by atoms with Gasteiger partial charge in [0, 0.05) is 49.9 Å². The Kier molecular flexibility index (Phi) is 8.06. The van der Waals surface area contributed by atoms with Crippen LogP contribution in [0.5, 0.6) is 11.5 Å². The van der Waals surface area contributed by atoms with Crippen molar-refractivity contribution in [1.82, 2.24) is 9.88 Å². The highest BCUT2D eigenvalue weighted by molar-refractivity contribution is 5.93. The van der Waals surface area contributed by atoms with Crippen molar-refractivity contribution in [3.63, 3.8) is 0 Å². The van der Waals surface area contributed by atoms with Crippen molar-refractivity contribution in [3.05, 3.63) is 63.7 Å². The van der Waals surface area contributed by atoms with E-state index < -0.39 is 28.9 Å². The Labute approximate surface area is 210 Å². The maximum atomic E-state index is 14.6. The van der Waals surface area contributed by atoms with Crippen molar-refractivity contribution >= 4 is 40.9 Å². The van der Waals surface area contributed by atoms with E-state index in [1.165, 1.54) is 18.3 Å². The number of rotatable bonds is 4. The van der Waals surface area contributed by atoms with E-state index in [2.05, 4.69) is 5.32 Å². The molecule has 1 aliphatic heterocycles. The predicted octanol–water partition coefficient (Wildman–Crippen LogP) is 2.80. The third kappa shape index (κ3) is 5.52. The van der Waals surface area contributed by atoms with Crippen LogP contribution in [0.1, 0.15) is 39.6 Å². The van der Waals surface area contributed by atoms with Gasteiger partial charge in [-0.25, -0.2) is 14.0 Å². The summed E-state index contributed by atoms with van der Waals surface area (Å²) in [4.78, 5) is 36.0. The number of nitrogens with one attached hydrogen (secondary N) is 1. The third-order valence-corrected chi connectivity index (χ3v) is 5.94. The highest BCUT2D eigenvalue weighted by atomic mass is 35.5. The predicted molar refractivity (Wildman–Crippen MR) is 132 cm³/mol. The van der Waals surface area contributed by atoms with Crippen LogP contribution in [0.4, 0.5) is 10.1 Å². The van der Waals surface area contributed by atoms with Gasteiger partial charge in [0.25, 0.3) is 0 Å². The van der Waals surface area contributed by atoms with Gasteiger partial charge in [-0.2, -0.15) is 0 Å². The van der Waals surface area contributed by atoms with E-state index in [1.807, 2.05) is 9.47 Å². The highest BCUT2D eigenvalue weighted by Gasteiger charge is 2.28. The van der Waals surface area contributed by atoms with E-state index in [9.17, 15) is 23.9 Å². The summed E-state index contributed by atoms with van der Waals surface area (Å²) >= 11 is 0. The zero-order valence-electron chi connectivity index (χ0n) is 19.0. The van der Waals surface area contributed by atoms with E-state index in [-0.39, 0.29) is 40.7 Å². The molecule has 2 aliphatic rings. The molecule has 1 aliphatic carbocycles. The van der Waals surface area contributed by atoms with Crippen molar-refractivity contribution in [2.24, 2.45) is 0 Å². The zero-order valence-corrected chi connectivity index (χ0v) is 19.8. The lowest BCUT2D eigenvalue weighted by Crippen LogP contribution is -2.43. The lowest BCUT2D eigenvalue weighted by atomic mass is 10.1. The zero-order chi connectivity index (χ0) is 25.3. The molecule has 0 unspecified atom stereocenters. The molecule has 0 bridgehead atoms. The molecular formula is C24H25ClFN3O7. The largest absolute Gasteiger partial charge is 0.508 e. The number of carboxylic acids is 2. The molecule has 10 nitrogen and oxygen atoms in total. The highest BCUT2D eigenvalue weighted by Crippen LogP contribution is 2.38. The normalized spacial score (nSPS) is 15.0. The number of halogens is 2. The second-order valence-corrected chi connectivity index (χ2v) is 8.38. The van der Waals surface area contributed by atoms with Crippen molar-refractivity contribution in [2.45, 2.75) is 18.9 Å². The average molecular weight is 522 g/mol. The Morgan fingerprint density at radius 1 is 0.972 bits per heavy atom. The van der Waals surface area contributed by atoms with Gasteiger partial charge in [0.1, 0.15) is 28.4 Å². The summed E-state index contributed by atoms with van der Waals surface area (Å²) in [6.45, 7) is 2.96. The number of hydrogen-bond donors (Lipinski definition) is 5. The van der Waals surface area contributed by atoms with E-state index in [0.717, 1.165) is 38.1 Å². The van der Waals surface area contributed by atoms with Gasteiger partial charge in [-0.3, -0.25) is 4.79 Å². The van der Waals surface area contributed by atoms with Gasteiger partial charge in [0.05, 0.1) is 11.2 Å². The van der Waals surface area contributed by atoms with Crippen LogP contribution in [-0.2, 0) is 0 Å². The number of aromatic hydroxyl groups is 2. The second-order valence-electron chi connectivity index (χ2n) is 8.38. The number of phenols is 2. The first-order valence-corrected chi connectivity index (χ1v) is 11.0. The molecule has 3 aromatic rings. The van der Waals surface area contributed by atoms with Gasteiger partial charge in [0.2, 0.25) is 5.43 Å². The molecule has 36 heavy (non-hydrogen) atoms. The molecule has 2 fully saturated rings. The topological polar surface area (TPSA) is 152 Å². The van der Waals surface area contributed by atoms with Crippen LogP contribution in [0.3, 0.4) is 0 Å². The van der Waals surface area contributed by atoms with Crippen LogP contribution in [0.25, 0.3) is 10.9 Å². The lowest BCUT2D eigenvalue weighted by molar-refractivity contribution is 0.0683. The first-order valence-electron chi connectivity index (χ1n) is 11.0. The summed E-state index contributed by atoms with van der Waals surface area (Å²) in [6.07, 6.45) is 3.29. The molecule has 192 valence electrons. The molecule has 2 heterocycles. The van der Waals surface area contributed by atoms with Crippen molar-refractivity contribution < 1.29 is 34.4 Å². The fraction of sp³-hybridized carbons (Fsp3) is 0.292. The van der Waals surface area contributed by atoms with E-state index >= 15 is 0 Å². The molecule has 1 saturated carbocycles. The third-order valence-electron chi connectivity index (χ3n) is 5.94. The Morgan fingerprint density at radius 3 is 2.17 bits per heavy atom. The van der Waals surface area contributed by atoms with Gasteiger partial charge < -0.3 is 35.2 Å². The quantitative estimate of drug-likeness (QED) is 0.349. The van der Waals surface area contributed by atoms with Crippen molar-refractivity contribution in [2.75, 3.05) is 31.1 Å². The van der Waals surface area contributed by atoms with Gasteiger partial charge >= 0.3 is 11.9 Å². The van der Waals surface area contributed by atoms with Gasteiger partial charge in [-0.15, -0.1) is 12.4 Å². The minimum atomic E-state index is -1.28. The van der Waals surface area contributed by atoms with Crippen LogP contribution in [0, 0.1) is 5.82 Å². The molecule has 5 rings (SSSR count). The fourth-order valence-corrected chi connectivity index (χ4v) is 4.01. The number of nitrogens with zero attached hydrogens (tertiary/aromatic N) is 2. The number of carbonyl (C=O) groups is 2. The maximum Gasteiger partial charge on any atom is 0.341 e. The smallest absolute Gasteiger partial charge is 0.341 e. The number of aromatic nitrogens is 1. The SMILES string of the molecule is Cl.O=C(O)c1ccc(O)cc1O.O=C(O)c1cn(C2CC2)c2cc(N3CCNCC3)c(F)cc2c1=O. The number of anilines is 1. The maximum absolute atomic E-state index is 14.6. The fourth-order valence-electron chi connectivity index (χ4n) is 4.01. The summed E-state index contributed by atoms with van der Waals surface area (Å²) in [6, 6.07) is 6.38. The van der Waals surface area contributed by atoms with Crippen LogP contribution < -0.4 is 15.6 Å². The summed E-state index contributed by atoms with van der Waals surface area (Å²) in [5.41, 5.74) is -0.0602. The molecule has 0 spiro atoms. The van der Waals surface area contributed by atoms with Gasteiger partial charge in [-0.1, -0.05) is 0 Å². The van der Waals surface area contributed by atoms with Crippen molar-refractivity contribution in [1.29, 1.82) is 0 Å². The molecule has 0 amide bonds. The van der Waals surface area contributed by atoms with Crippen LogP contribution in [-0.4, -0.2) is 63.1 Å². The first kappa shape index (κ1) is 26.8.